The standard InChI is InChI=1S/C6H11.C2H5.Al/c1-2-4-6-5-3-1;1-2;/h1H,2-6H2;1H2,2H3;. The minimum atomic E-state index is 0.820. The van der Waals surface area contributed by atoms with E-state index in [1.807, 2.05) is 0 Å². The van der Waals surface area contributed by atoms with Gasteiger partial charge in [-0.1, -0.05) is 43.8 Å². The molecule has 1 rings (SSSR count). The van der Waals surface area contributed by atoms with Gasteiger partial charge in [-0.3, -0.25) is 0 Å². The fraction of sp³-hybridized carbons (Fsp3) is 1.00. The fourth-order valence-electron chi connectivity index (χ4n) is 1.70. The Bertz CT molecular complexity index is 62.2. The normalized spacial score (nSPS) is 21.9. The molecule has 1 heteroatoms. The van der Waals surface area contributed by atoms with Crippen LogP contribution in [0.4, 0.5) is 0 Å². The lowest BCUT2D eigenvalue weighted by Crippen LogP contribution is -2.06. The molecule has 0 saturated heterocycles. The number of hydrogen-bond donors (Lipinski definition) is 0. The lowest BCUT2D eigenvalue weighted by Gasteiger charge is -2.19. The molecule has 0 amide bonds. The Morgan fingerprint density at radius 3 is 2.44 bits per heavy atom. The van der Waals surface area contributed by atoms with E-state index < -0.39 is 0 Å². The number of rotatable bonds is 2. The summed E-state index contributed by atoms with van der Waals surface area (Å²) in [5, 5.41) is 1.48. The van der Waals surface area contributed by atoms with Crippen molar-refractivity contribution in [3.63, 3.8) is 0 Å². The van der Waals surface area contributed by atoms with Crippen molar-refractivity contribution in [3.8, 4) is 0 Å². The quantitative estimate of drug-likeness (QED) is 0.516. The first kappa shape index (κ1) is 7.64. The van der Waals surface area contributed by atoms with Crippen molar-refractivity contribution < 1.29 is 0 Å². The van der Waals surface area contributed by atoms with Crippen molar-refractivity contribution in [3.05, 3.63) is 0 Å². The highest BCUT2D eigenvalue weighted by Gasteiger charge is 2.12. The van der Waals surface area contributed by atoms with Crippen molar-refractivity contribution >= 4 is 15.2 Å². The minimum absolute atomic E-state index is 0.820. The third-order valence-corrected chi connectivity index (χ3v) is 4.02. The van der Waals surface area contributed by atoms with E-state index in [2.05, 4.69) is 6.92 Å². The van der Waals surface area contributed by atoms with Gasteiger partial charge >= 0.3 is 0 Å². The average molecular weight is 139 g/mol. The summed E-state index contributed by atoms with van der Waals surface area (Å²) in [4.78, 5) is 0. The largest absolute Gasteiger partial charge is 0.204 e. The molecule has 1 radical (unpaired) electrons. The van der Waals surface area contributed by atoms with Crippen LogP contribution in [0, 0.1) is 0 Å². The Kier molecular flexibility index (Phi) is 3.70. The van der Waals surface area contributed by atoms with Crippen LogP contribution in [0.25, 0.3) is 0 Å². The van der Waals surface area contributed by atoms with Gasteiger partial charge in [-0.25, -0.2) is 0 Å². The van der Waals surface area contributed by atoms with Gasteiger partial charge in [0.2, 0.25) is 15.2 Å². The second-order valence-corrected chi connectivity index (χ2v) is 5.27. The molecule has 0 unspecified atom stereocenters. The van der Waals surface area contributed by atoms with Crippen molar-refractivity contribution in [1.82, 2.24) is 0 Å². The van der Waals surface area contributed by atoms with Crippen LogP contribution < -0.4 is 0 Å². The molecule has 51 valence electrons. The fourth-order valence-corrected chi connectivity index (χ4v) is 3.31. The van der Waals surface area contributed by atoms with Gasteiger partial charge in [0, 0.05) is 0 Å². The molecule has 0 aliphatic heterocycles. The smallest absolute Gasteiger partial charge is 0.106 e. The molecule has 0 atom stereocenters. The van der Waals surface area contributed by atoms with E-state index in [0.717, 1.165) is 15.2 Å². The summed E-state index contributed by atoms with van der Waals surface area (Å²) in [5.74, 6) is 0. The number of hydrogen-bond acceptors (Lipinski definition) is 0. The molecule has 0 heterocycles. The van der Waals surface area contributed by atoms with Crippen molar-refractivity contribution in [1.29, 1.82) is 0 Å². The van der Waals surface area contributed by atoms with E-state index >= 15 is 0 Å². The zero-order valence-electron chi connectivity index (χ0n) is 6.40. The molecule has 0 N–H and O–H groups in total. The summed E-state index contributed by atoms with van der Waals surface area (Å²) >= 11 is 0.820. The van der Waals surface area contributed by atoms with Crippen LogP contribution >= 0.6 is 0 Å². The van der Waals surface area contributed by atoms with Gasteiger partial charge in [-0.15, -0.1) is 5.28 Å². The maximum Gasteiger partial charge on any atom is 0.204 e. The zero-order valence-corrected chi connectivity index (χ0v) is 7.55. The molecular formula is C8H16Al. The highest BCUT2D eigenvalue weighted by atomic mass is 27.1. The Morgan fingerprint density at radius 2 is 1.89 bits per heavy atom. The van der Waals surface area contributed by atoms with Gasteiger partial charge in [0.05, 0.1) is 0 Å². The summed E-state index contributed by atoms with van der Waals surface area (Å²) in [6.07, 6.45) is 7.68. The van der Waals surface area contributed by atoms with Crippen LogP contribution in [0.5, 0.6) is 0 Å². The summed E-state index contributed by atoms with van der Waals surface area (Å²) in [6, 6.07) is 0. The van der Waals surface area contributed by atoms with Gasteiger partial charge in [0.1, 0.15) is 0 Å². The van der Waals surface area contributed by atoms with Crippen molar-refractivity contribution in [2.24, 2.45) is 0 Å². The first-order chi connectivity index (χ1) is 4.43. The van der Waals surface area contributed by atoms with Gasteiger partial charge in [0.15, 0.2) is 0 Å². The Labute approximate surface area is 64.7 Å². The Morgan fingerprint density at radius 1 is 1.22 bits per heavy atom. The Balaban J connectivity index is 2.08. The monoisotopic (exact) mass is 139 g/mol. The third kappa shape index (κ3) is 2.74. The van der Waals surface area contributed by atoms with Crippen LogP contribution in [0.2, 0.25) is 10.1 Å². The molecule has 9 heavy (non-hydrogen) atoms. The molecule has 0 aromatic carbocycles. The van der Waals surface area contributed by atoms with E-state index in [1.54, 1.807) is 12.8 Å². The highest BCUT2D eigenvalue weighted by Crippen LogP contribution is 2.27. The summed E-state index contributed by atoms with van der Waals surface area (Å²) < 4.78 is 1.18. The van der Waals surface area contributed by atoms with Crippen LogP contribution in [0.1, 0.15) is 39.0 Å². The molecular weight excluding hydrogens is 123 g/mol. The highest BCUT2D eigenvalue weighted by molar-refractivity contribution is 6.37. The zero-order chi connectivity index (χ0) is 6.53. The van der Waals surface area contributed by atoms with Crippen molar-refractivity contribution in [2.45, 2.75) is 49.1 Å². The van der Waals surface area contributed by atoms with Crippen molar-refractivity contribution in [2.75, 3.05) is 0 Å². The van der Waals surface area contributed by atoms with Gasteiger partial charge in [0.25, 0.3) is 0 Å². The summed E-state index contributed by atoms with van der Waals surface area (Å²) in [5.41, 5.74) is 0. The molecule has 0 nitrogen and oxygen atoms in total. The molecule has 1 fully saturated rings. The van der Waals surface area contributed by atoms with E-state index in [0.29, 0.717) is 0 Å². The second kappa shape index (κ2) is 4.36. The van der Waals surface area contributed by atoms with E-state index in [-0.39, 0.29) is 0 Å². The van der Waals surface area contributed by atoms with Gasteiger partial charge < -0.3 is 0 Å². The molecule has 0 bridgehead atoms. The second-order valence-electron chi connectivity index (χ2n) is 3.04. The summed E-state index contributed by atoms with van der Waals surface area (Å²) in [6.45, 7) is 2.34. The lowest BCUT2D eigenvalue weighted by molar-refractivity contribution is 0.500. The molecule has 1 saturated carbocycles. The lowest BCUT2D eigenvalue weighted by atomic mass is 10.0. The maximum atomic E-state index is 2.34. The molecule has 1 aliphatic carbocycles. The molecule has 0 aromatic rings. The average Bonchev–Trinajstić information content (AvgIpc) is 1.91. The maximum absolute atomic E-state index is 2.34. The first-order valence-electron chi connectivity index (χ1n) is 4.27. The van der Waals surface area contributed by atoms with Gasteiger partial charge in [-0.2, -0.15) is 0 Å². The molecule has 0 aromatic heterocycles. The predicted octanol–water partition coefficient (Wildman–Crippen LogP) is 2.88. The predicted molar refractivity (Wildman–Crippen MR) is 43.1 cm³/mol. The van der Waals surface area contributed by atoms with Crippen LogP contribution in [0.15, 0.2) is 0 Å². The van der Waals surface area contributed by atoms with E-state index in [4.69, 9.17) is 0 Å². The first-order valence-corrected chi connectivity index (χ1v) is 5.75. The molecule has 1 aliphatic rings. The van der Waals surface area contributed by atoms with Crippen LogP contribution in [-0.4, -0.2) is 15.2 Å². The van der Waals surface area contributed by atoms with Crippen LogP contribution in [-0.2, 0) is 0 Å². The SMILES string of the molecule is C[CH2][Al][CH]1CCCCC1. The Hall–Kier alpha value is 0.532. The van der Waals surface area contributed by atoms with E-state index in [9.17, 15) is 0 Å². The van der Waals surface area contributed by atoms with Gasteiger partial charge in [-0.05, 0) is 0 Å². The molecule has 0 spiro atoms. The summed E-state index contributed by atoms with van der Waals surface area (Å²) in [7, 11) is 0. The third-order valence-electron chi connectivity index (χ3n) is 2.22. The van der Waals surface area contributed by atoms with E-state index in [1.165, 1.54) is 29.3 Å². The topological polar surface area (TPSA) is 0 Å². The minimum Gasteiger partial charge on any atom is -0.106 e. The van der Waals surface area contributed by atoms with Crippen LogP contribution in [0.3, 0.4) is 0 Å².